The van der Waals surface area contributed by atoms with E-state index >= 15 is 0 Å². The fourth-order valence-corrected chi connectivity index (χ4v) is 3.14. The van der Waals surface area contributed by atoms with Crippen LogP contribution in [0.4, 0.5) is 0 Å². The quantitative estimate of drug-likeness (QED) is 0.838. The number of amides is 2. The second-order valence-electron chi connectivity index (χ2n) is 6.06. The lowest BCUT2D eigenvalue weighted by molar-refractivity contribution is -0.145. The van der Waals surface area contributed by atoms with Crippen molar-refractivity contribution in [2.24, 2.45) is 17.6 Å². The van der Waals surface area contributed by atoms with E-state index in [2.05, 4.69) is 5.32 Å². The molecule has 2 amide bonds. The molecule has 5 nitrogen and oxygen atoms in total. The summed E-state index contributed by atoms with van der Waals surface area (Å²) in [6.07, 6.45) is 0.521. The van der Waals surface area contributed by atoms with Crippen LogP contribution in [0.2, 0.25) is 0 Å². The second kappa shape index (κ2) is 5.48. The van der Waals surface area contributed by atoms with Crippen LogP contribution in [0, 0.1) is 11.8 Å². The highest BCUT2D eigenvalue weighted by Crippen LogP contribution is 2.27. The van der Waals surface area contributed by atoms with Crippen LogP contribution >= 0.6 is 0 Å². The minimum absolute atomic E-state index is 0.0415. The van der Waals surface area contributed by atoms with Gasteiger partial charge in [-0.1, -0.05) is 31.2 Å². The molecule has 5 heteroatoms. The SMILES string of the molecule is CC(C(=O)N1Cc2ccccc2C[C@H]1C(N)=O)C1CNC1. The number of nitrogens with one attached hydrogen (secondary N) is 1. The van der Waals surface area contributed by atoms with Crippen molar-refractivity contribution in [2.75, 3.05) is 13.1 Å². The van der Waals surface area contributed by atoms with Gasteiger partial charge in [-0.2, -0.15) is 0 Å². The molecule has 2 heterocycles. The monoisotopic (exact) mass is 287 g/mol. The number of hydrogen-bond acceptors (Lipinski definition) is 3. The summed E-state index contributed by atoms with van der Waals surface area (Å²) in [5.74, 6) is -0.0850. The lowest BCUT2D eigenvalue weighted by atomic mass is 9.86. The number of rotatable bonds is 3. The standard InChI is InChI=1S/C16H21N3O2/c1-10(13-7-18-8-13)16(21)19-9-12-5-3-2-4-11(12)6-14(19)15(17)20/h2-5,10,13-14,18H,6-9H2,1H3,(H2,17,20)/t10?,14-/m0/s1. The Morgan fingerprint density at radius 3 is 2.52 bits per heavy atom. The van der Waals surface area contributed by atoms with E-state index in [1.165, 1.54) is 0 Å². The Labute approximate surface area is 124 Å². The van der Waals surface area contributed by atoms with E-state index in [0.717, 1.165) is 24.2 Å². The van der Waals surface area contributed by atoms with Gasteiger partial charge < -0.3 is 16.0 Å². The first-order chi connectivity index (χ1) is 10.1. The zero-order chi connectivity index (χ0) is 15.0. The van der Waals surface area contributed by atoms with Crippen molar-refractivity contribution in [3.05, 3.63) is 35.4 Å². The summed E-state index contributed by atoms with van der Waals surface area (Å²) in [6, 6.07) is 7.42. The molecule has 1 aromatic carbocycles. The highest BCUT2D eigenvalue weighted by molar-refractivity contribution is 5.88. The zero-order valence-corrected chi connectivity index (χ0v) is 12.2. The number of fused-ring (bicyclic) bond motifs is 1. The molecule has 112 valence electrons. The van der Waals surface area contributed by atoms with Crippen LogP contribution in [0.3, 0.4) is 0 Å². The fraction of sp³-hybridized carbons (Fsp3) is 0.500. The van der Waals surface area contributed by atoms with E-state index in [4.69, 9.17) is 5.73 Å². The number of carbonyl (C=O) groups is 2. The number of hydrogen-bond donors (Lipinski definition) is 2. The van der Waals surface area contributed by atoms with Crippen LogP contribution in [-0.4, -0.2) is 35.8 Å². The molecule has 0 radical (unpaired) electrons. The number of primary amides is 1. The molecule has 1 fully saturated rings. The van der Waals surface area contributed by atoms with Crippen molar-refractivity contribution in [2.45, 2.75) is 25.9 Å². The largest absolute Gasteiger partial charge is 0.368 e. The maximum atomic E-state index is 12.7. The number of carbonyl (C=O) groups excluding carboxylic acids is 2. The molecule has 2 aliphatic heterocycles. The van der Waals surface area contributed by atoms with Gasteiger partial charge in [0.15, 0.2) is 0 Å². The first-order valence-corrected chi connectivity index (χ1v) is 7.45. The first-order valence-electron chi connectivity index (χ1n) is 7.45. The lowest BCUT2D eigenvalue weighted by Gasteiger charge is -2.40. The number of nitrogens with two attached hydrogens (primary N) is 1. The van der Waals surface area contributed by atoms with Gasteiger partial charge in [0.1, 0.15) is 6.04 Å². The molecule has 3 rings (SSSR count). The molecular weight excluding hydrogens is 266 g/mol. The van der Waals surface area contributed by atoms with Gasteiger partial charge in [0, 0.05) is 18.9 Å². The predicted octanol–water partition coefficient (Wildman–Crippen LogP) is 0.281. The van der Waals surface area contributed by atoms with Crippen LogP contribution < -0.4 is 11.1 Å². The van der Waals surface area contributed by atoms with E-state index in [0.29, 0.717) is 18.9 Å². The van der Waals surface area contributed by atoms with Gasteiger partial charge in [0.05, 0.1) is 0 Å². The normalized spacial score (nSPS) is 23.1. The van der Waals surface area contributed by atoms with Gasteiger partial charge in [-0.25, -0.2) is 0 Å². The summed E-state index contributed by atoms with van der Waals surface area (Å²) in [5.41, 5.74) is 7.76. The zero-order valence-electron chi connectivity index (χ0n) is 12.2. The molecule has 0 spiro atoms. The Bertz CT molecular complexity index is 568. The Morgan fingerprint density at radius 2 is 1.95 bits per heavy atom. The van der Waals surface area contributed by atoms with E-state index in [1.54, 1.807) is 4.90 Å². The molecule has 3 N–H and O–H groups in total. The minimum Gasteiger partial charge on any atom is -0.368 e. The molecule has 1 unspecified atom stereocenters. The van der Waals surface area contributed by atoms with E-state index in [9.17, 15) is 9.59 Å². The van der Waals surface area contributed by atoms with Crippen molar-refractivity contribution in [3.8, 4) is 0 Å². The molecule has 0 aliphatic carbocycles. The summed E-state index contributed by atoms with van der Waals surface area (Å²) in [7, 11) is 0. The lowest BCUT2D eigenvalue weighted by Crippen LogP contribution is -2.56. The highest BCUT2D eigenvalue weighted by atomic mass is 16.2. The smallest absolute Gasteiger partial charge is 0.240 e. The predicted molar refractivity (Wildman–Crippen MR) is 79.2 cm³/mol. The van der Waals surface area contributed by atoms with Crippen LogP contribution in [0.5, 0.6) is 0 Å². The van der Waals surface area contributed by atoms with Gasteiger partial charge in [-0.15, -0.1) is 0 Å². The van der Waals surface area contributed by atoms with Gasteiger partial charge >= 0.3 is 0 Å². The minimum atomic E-state index is -0.525. The summed E-state index contributed by atoms with van der Waals surface area (Å²) in [6.45, 7) is 4.18. The Morgan fingerprint density at radius 1 is 1.29 bits per heavy atom. The average molecular weight is 287 g/mol. The first kappa shape index (κ1) is 14.1. The summed E-state index contributed by atoms with van der Waals surface area (Å²) in [5, 5.41) is 3.19. The molecule has 21 heavy (non-hydrogen) atoms. The Hall–Kier alpha value is -1.88. The van der Waals surface area contributed by atoms with Crippen molar-refractivity contribution in [3.63, 3.8) is 0 Å². The van der Waals surface area contributed by atoms with Crippen molar-refractivity contribution in [1.29, 1.82) is 0 Å². The van der Waals surface area contributed by atoms with Crippen LogP contribution in [0.25, 0.3) is 0 Å². The topological polar surface area (TPSA) is 75.4 Å². The van der Waals surface area contributed by atoms with Crippen molar-refractivity contribution < 1.29 is 9.59 Å². The highest BCUT2D eigenvalue weighted by Gasteiger charge is 2.38. The molecular formula is C16H21N3O2. The molecule has 1 aromatic rings. The molecule has 2 atom stereocenters. The maximum absolute atomic E-state index is 12.7. The fourth-order valence-electron chi connectivity index (χ4n) is 3.14. The molecule has 0 bridgehead atoms. The third-order valence-corrected chi connectivity index (χ3v) is 4.77. The van der Waals surface area contributed by atoms with Gasteiger partial charge in [-0.05, 0) is 30.1 Å². The van der Waals surface area contributed by atoms with Crippen LogP contribution in [-0.2, 0) is 22.6 Å². The summed E-state index contributed by atoms with van der Waals surface area (Å²) in [4.78, 5) is 26.2. The van der Waals surface area contributed by atoms with Gasteiger partial charge in [0.25, 0.3) is 0 Å². The van der Waals surface area contributed by atoms with E-state index in [1.807, 2.05) is 31.2 Å². The van der Waals surface area contributed by atoms with Gasteiger partial charge in [0.2, 0.25) is 11.8 Å². The molecule has 0 saturated carbocycles. The Balaban J connectivity index is 1.85. The van der Waals surface area contributed by atoms with E-state index < -0.39 is 11.9 Å². The van der Waals surface area contributed by atoms with Gasteiger partial charge in [-0.3, -0.25) is 9.59 Å². The maximum Gasteiger partial charge on any atom is 0.240 e. The number of nitrogens with zero attached hydrogens (tertiary/aromatic N) is 1. The van der Waals surface area contributed by atoms with Crippen LogP contribution in [0.1, 0.15) is 18.1 Å². The van der Waals surface area contributed by atoms with E-state index in [-0.39, 0.29) is 11.8 Å². The third kappa shape index (κ3) is 2.53. The van der Waals surface area contributed by atoms with Crippen molar-refractivity contribution in [1.82, 2.24) is 10.2 Å². The molecule has 2 aliphatic rings. The average Bonchev–Trinajstić information content (AvgIpc) is 2.43. The van der Waals surface area contributed by atoms with Crippen LogP contribution in [0.15, 0.2) is 24.3 Å². The molecule has 0 aromatic heterocycles. The third-order valence-electron chi connectivity index (χ3n) is 4.77. The Kier molecular flexibility index (Phi) is 3.68. The number of benzene rings is 1. The van der Waals surface area contributed by atoms with Crippen molar-refractivity contribution >= 4 is 11.8 Å². The summed E-state index contributed by atoms with van der Waals surface area (Å²) >= 11 is 0. The second-order valence-corrected chi connectivity index (χ2v) is 6.06. The molecule has 1 saturated heterocycles. The summed E-state index contributed by atoms with van der Waals surface area (Å²) < 4.78 is 0.